The lowest BCUT2D eigenvalue weighted by atomic mass is 9.85. The molecule has 1 aliphatic carbocycles. The molecule has 8 atom stereocenters. The maximum Gasteiger partial charge on any atom is 0.306 e. The molecule has 0 aliphatic heterocycles. The number of carbonyl (C=O) groups excluding carboxylic acids is 2. The quantitative estimate of drug-likeness (QED) is 0.0243. The molecule has 0 radical (unpaired) electrons. The van der Waals surface area contributed by atoms with Crippen LogP contribution in [0.2, 0.25) is 0 Å². The molecule has 0 saturated heterocycles. The monoisotopic (exact) mass is 810 g/mol. The Balaban J connectivity index is 2.48. The summed E-state index contributed by atoms with van der Waals surface area (Å²) in [5, 5.41) is 49.9. The van der Waals surface area contributed by atoms with Crippen molar-refractivity contribution in [3.8, 4) is 0 Å². The number of phosphoric acid groups is 1. The number of hydrogen-bond donors (Lipinski definition) is 5. The van der Waals surface area contributed by atoms with Gasteiger partial charge < -0.3 is 48.9 Å². The average molecular weight is 810 g/mol. The van der Waals surface area contributed by atoms with Crippen LogP contribution >= 0.6 is 7.82 Å². The fourth-order valence-corrected chi connectivity index (χ4v) is 7.83. The van der Waals surface area contributed by atoms with Crippen molar-refractivity contribution >= 4 is 19.8 Å². The van der Waals surface area contributed by atoms with Crippen LogP contribution in [0.5, 0.6) is 0 Å². The predicted molar refractivity (Wildman–Crippen MR) is 210 cm³/mol. The number of esters is 2. The number of aliphatic hydroxyl groups is 5. The van der Waals surface area contributed by atoms with E-state index < -0.39 is 75.7 Å². The molecule has 0 aromatic heterocycles. The standard InChI is InChI=1S/C41H79O13P/c1-3-5-7-9-11-13-15-17-19-21-23-25-27-29-34(42)51-31-33(32-52-55(49,50)54-41-39(47)37(45)36(44)38(46)40(41)48)53-35(43)30-28-26-24-22-20-18-16-14-12-10-8-6-4-2/h33,36-41,44-48H,3-32H2,1-2H3,(H,49,50)/p-1/t33-,36?,37-,38+,39+,40+,41?/m0/s1. The number of unbranched alkanes of at least 4 members (excludes halogenated alkanes) is 24. The fraction of sp³-hybridized carbons (Fsp3) is 0.951. The molecule has 1 fully saturated rings. The lowest BCUT2D eigenvalue weighted by Crippen LogP contribution is -2.64. The van der Waals surface area contributed by atoms with E-state index in [9.17, 15) is 44.6 Å². The average Bonchev–Trinajstić information content (AvgIpc) is 3.16. The summed E-state index contributed by atoms with van der Waals surface area (Å²) >= 11 is 0. The van der Waals surface area contributed by atoms with Gasteiger partial charge in [-0.25, -0.2) is 0 Å². The smallest absolute Gasteiger partial charge is 0.306 e. The first kappa shape index (κ1) is 51.9. The Morgan fingerprint density at radius 1 is 0.509 bits per heavy atom. The first-order chi connectivity index (χ1) is 26.4. The molecule has 0 bridgehead atoms. The molecule has 1 saturated carbocycles. The highest BCUT2D eigenvalue weighted by atomic mass is 31.2. The molecule has 1 aliphatic rings. The van der Waals surface area contributed by atoms with Crippen LogP contribution in [0.3, 0.4) is 0 Å². The SMILES string of the molecule is CCCCCCCCCCCCCCCC(=O)OC[C@@H](COP(=O)([O-])OC1[C@H](O)[C@H](O)C(O)[C@H](O)[C@H]1O)OC(=O)CCCCCCCCCCCCCCC. The Labute approximate surface area is 331 Å². The number of rotatable bonds is 36. The molecule has 0 heterocycles. The third-order valence-electron chi connectivity index (χ3n) is 10.4. The number of carbonyl (C=O) groups is 2. The fourth-order valence-electron chi connectivity index (χ4n) is 6.87. The Bertz CT molecular complexity index is 985. The van der Waals surface area contributed by atoms with Crippen molar-refractivity contribution in [2.24, 2.45) is 0 Å². The summed E-state index contributed by atoms with van der Waals surface area (Å²) in [7, 11) is -5.35. The normalized spacial score (nSPS) is 23.0. The maximum atomic E-state index is 12.7. The van der Waals surface area contributed by atoms with Gasteiger partial charge in [0, 0.05) is 12.8 Å². The van der Waals surface area contributed by atoms with Crippen LogP contribution in [0.25, 0.3) is 0 Å². The van der Waals surface area contributed by atoms with Gasteiger partial charge in [0.05, 0.1) is 6.61 Å². The van der Waals surface area contributed by atoms with Gasteiger partial charge in [0.15, 0.2) is 6.10 Å². The molecule has 0 aromatic rings. The van der Waals surface area contributed by atoms with Gasteiger partial charge in [-0.2, -0.15) is 0 Å². The van der Waals surface area contributed by atoms with E-state index in [1.807, 2.05) is 0 Å². The summed E-state index contributed by atoms with van der Waals surface area (Å²) < 4.78 is 33.1. The molecular weight excluding hydrogens is 731 g/mol. The van der Waals surface area contributed by atoms with Crippen LogP contribution < -0.4 is 4.89 Å². The third-order valence-corrected chi connectivity index (χ3v) is 11.4. The first-order valence-electron chi connectivity index (χ1n) is 21.8. The Morgan fingerprint density at radius 3 is 1.22 bits per heavy atom. The van der Waals surface area contributed by atoms with E-state index in [0.29, 0.717) is 12.8 Å². The Morgan fingerprint density at radius 2 is 0.836 bits per heavy atom. The minimum Gasteiger partial charge on any atom is -0.756 e. The minimum atomic E-state index is -5.35. The van der Waals surface area contributed by atoms with E-state index in [2.05, 4.69) is 13.8 Å². The summed E-state index contributed by atoms with van der Waals surface area (Å²) in [5.41, 5.74) is 0. The van der Waals surface area contributed by atoms with Crippen LogP contribution in [-0.4, -0.2) is 93.4 Å². The van der Waals surface area contributed by atoms with Crippen LogP contribution in [0.4, 0.5) is 0 Å². The Hall–Kier alpha value is -1.15. The third kappa shape index (κ3) is 25.7. The molecule has 326 valence electrons. The van der Waals surface area contributed by atoms with Crippen LogP contribution in [0.1, 0.15) is 194 Å². The number of phosphoric ester groups is 1. The van der Waals surface area contributed by atoms with Crippen LogP contribution in [0.15, 0.2) is 0 Å². The molecule has 0 amide bonds. The molecule has 5 N–H and O–H groups in total. The molecule has 55 heavy (non-hydrogen) atoms. The molecule has 14 heteroatoms. The van der Waals surface area contributed by atoms with Crippen molar-refractivity contribution in [1.29, 1.82) is 0 Å². The highest BCUT2D eigenvalue weighted by molar-refractivity contribution is 7.45. The first-order valence-corrected chi connectivity index (χ1v) is 23.3. The van der Waals surface area contributed by atoms with Gasteiger partial charge in [0.1, 0.15) is 43.2 Å². The molecule has 13 nitrogen and oxygen atoms in total. The van der Waals surface area contributed by atoms with Crippen LogP contribution in [-0.2, 0) is 32.7 Å². The lowest BCUT2D eigenvalue weighted by molar-refractivity contribution is -0.261. The summed E-state index contributed by atoms with van der Waals surface area (Å²) in [4.78, 5) is 37.9. The van der Waals surface area contributed by atoms with E-state index in [-0.39, 0.29) is 12.8 Å². The zero-order valence-electron chi connectivity index (χ0n) is 34.2. The predicted octanol–water partition coefficient (Wildman–Crippen LogP) is 7.09. The van der Waals surface area contributed by atoms with Crippen LogP contribution in [0, 0.1) is 0 Å². The van der Waals surface area contributed by atoms with Gasteiger partial charge >= 0.3 is 11.9 Å². The van der Waals surface area contributed by atoms with Crippen molar-refractivity contribution in [3.63, 3.8) is 0 Å². The topological polar surface area (TPSA) is 212 Å². The minimum absolute atomic E-state index is 0.0886. The van der Waals surface area contributed by atoms with Crippen molar-refractivity contribution in [2.75, 3.05) is 13.2 Å². The van der Waals surface area contributed by atoms with E-state index in [0.717, 1.165) is 44.9 Å². The molecule has 3 unspecified atom stereocenters. The molecule has 1 rings (SSSR count). The maximum absolute atomic E-state index is 12.7. The highest BCUT2D eigenvalue weighted by Gasteiger charge is 2.50. The Kier molecular flexibility index (Phi) is 30.9. The number of ether oxygens (including phenoxy) is 2. The van der Waals surface area contributed by atoms with Crippen molar-refractivity contribution in [2.45, 2.75) is 236 Å². The van der Waals surface area contributed by atoms with Gasteiger partial charge in [0.25, 0.3) is 7.82 Å². The highest BCUT2D eigenvalue weighted by Crippen LogP contribution is 2.43. The van der Waals surface area contributed by atoms with Gasteiger partial charge in [-0.15, -0.1) is 0 Å². The molecule has 0 spiro atoms. The van der Waals surface area contributed by atoms with Crippen molar-refractivity contribution in [1.82, 2.24) is 0 Å². The van der Waals surface area contributed by atoms with Crippen molar-refractivity contribution in [3.05, 3.63) is 0 Å². The lowest BCUT2D eigenvalue weighted by Gasteiger charge is -2.43. The van der Waals surface area contributed by atoms with Gasteiger partial charge in [-0.1, -0.05) is 168 Å². The number of aliphatic hydroxyl groups excluding tert-OH is 5. The second-order valence-corrected chi connectivity index (χ2v) is 16.9. The van der Waals surface area contributed by atoms with E-state index >= 15 is 0 Å². The zero-order valence-corrected chi connectivity index (χ0v) is 35.1. The second-order valence-electron chi connectivity index (χ2n) is 15.5. The number of hydrogen-bond acceptors (Lipinski definition) is 13. The van der Waals surface area contributed by atoms with Gasteiger partial charge in [-0.05, 0) is 12.8 Å². The summed E-state index contributed by atoms with van der Waals surface area (Å²) in [6.07, 6.45) is 16.9. The molecular formula is C41H78O13P-. The van der Waals surface area contributed by atoms with E-state index in [4.69, 9.17) is 18.5 Å². The van der Waals surface area contributed by atoms with Gasteiger partial charge in [-0.3, -0.25) is 14.2 Å². The second kappa shape index (κ2) is 32.8. The van der Waals surface area contributed by atoms with Gasteiger partial charge in [0.2, 0.25) is 0 Å². The molecule has 0 aromatic carbocycles. The zero-order chi connectivity index (χ0) is 40.7. The van der Waals surface area contributed by atoms with Crippen molar-refractivity contribution < 1.29 is 63.1 Å². The van der Waals surface area contributed by atoms with E-state index in [1.165, 1.54) is 109 Å². The van der Waals surface area contributed by atoms with E-state index in [1.54, 1.807) is 0 Å². The summed E-state index contributed by atoms with van der Waals surface area (Å²) in [6, 6.07) is 0. The summed E-state index contributed by atoms with van der Waals surface area (Å²) in [5.74, 6) is -1.12. The largest absolute Gasteiger partial charge is 0.756 e. The summed E-state index contributed by atoms with van der Waals surface area (Å²) in [6.45, 7) is 3.20.